The number of rotatable bonds is 3. The fourth-order valence-corrected chi connectivity index (χ4v) is 1.21. The minimum Gasteiger partial charge on any atom is -0.394 e. The Morgan fingerprint density at radius 3 is 1.88 bits per heavy atom. The molecule has 7 heteroatoms. The lowest BCUT2D eigenvalue weighted by Gasteiger charge is -2.20. The Balaban J connectivity index is 3.03. The van der Waals surface area contributed by atoms with Crippen LogP contribution in [0.2, 0.25) is 0 Å². The van der Waals surface area contributed by atoms with Gasteiger partial charge < -0.3 is 10.8 Å². The molecular formula is C10H10F5NO. The highest BCUT2D eigenvalue weighted by molar-refractivity contribution is 5.28. The lowest BCUT2D eigenvalue weighted by atomic mass is 10.0. The van der Waals surface area contributed by atoms with Crippen LogP contribution in [0.5, 0.6) is 0 Å². The largest absolute Gasteiger partial charge is 0.458 e. The Morgan fingerprint density at radius 2 is 1.53 bits per heavy atom. The monoisotopic (exact) mass is 255 g/mol. The van der Waals surface area contributed by atoms with Crippen molar-refractivity contribution in [2.45, 2.75) is 18.1 Å². The van der Waals surface area contributed by atoms with Gasteiger partial charge in [0.25, 0.3) is 0 Å². The summed E-state index contributed by atoms with van der Waals surface area (Å²) in [4.78, 5) is 0. The molecule has 0 saturated heterocycles. The molecule has 0 aliphatic carbocycles. The summed E-state index contributed by atoms with van der Waals surface area (Å²) in [7, 11) is 0. The zero-order valence-corrected chi connectivity index (χ0v) is 8.51. The maximum Gasteiger partial charge on any atom is 0.458 e. The number of hydrogen-bond acceptors (Lipinski definition) is 2. The number of hydrogen-bond donors (Lipinski definition) is 2. The summed E-state index contributed by atoms with van der Waals surface area (Å²) >= 11 is 0. The molecule has 0 aromatic heterocycles. The zero-order valence-electron chi connectivity index (χ0n) is 8.51. The van der Waals surface area contributed by atoms with Crippen LogP contribution in [-0.4, -0.2) is 17.9 Å². The van der Waals surface area contributed by atoms with E-state index < -0.39 is 30.3 Å². The van der Waals surface area contributed by atoms with E-state index in [9.17, 15) is 22.0 Å². The third kappa shape index (κ3) is 2.73. The van der Waals surface area contributed by atoms with Gasteiger partial charge in [0.2, 0.25) is 0 Å². The number of aliphatic hydroxyl groups excluding tert-OH is 1. The van der Waals surface area contributed by atoms with Crippen molar-refractivity contribution in [1.29, 1.82) is 0 Å². The molecule has 0 aliphatic rings. The molecule has 0 bridgehead atoms. The predicted molar refractivity (Wildman–Crippen MR) is 50.4 cm³/mol. The van der Waals surface area contributed by atoms with Gasteiger partial charge in [-0.2, -0.15) is 22.0 Å². The molecule has 96 valence electrons. The van der Waals surface area contributed by atoms with E-state index in [1.54, 1.807) is 0 Å². The summed E-state index contributed by atoms with van der Waals surface area (Å²) < 4.78 is 61.8. The van der Waals surface area contributed by atoms with Gasteiger partial charge in [-0.3, -0.25) is 0 Å². The zero-order chi connectivity index (χ0) is 13.3. The lowest BCUT2D eigenvalue weighted by Crippen LogP contribution is -2.33. The molecule has 0 unspecified atom stereocenters. The third-order valence-corrected chi connectivity index (χ3v) is 2.25. The molecule has 0 radical (unpaired) electrons. The van der Waals surface area contributed by atoms with Crippen LogP contribution in [0.15, 0.2) is 24.3 Å². The highest BCUT2D eigenvalue weighted by Crippen LogP contribution is 2.43. The molecule has 1 aromatic rings. The molecule has 3 N–H and O–H groups in total. The SMILES string of the molecule is N[C@@H](CO)c1ccc(C(F)(F)C(F)(F)F)cc1. The first-order valence-corrected chi connectivity index (χ1v) is 4.61. The van der Waals surface area contributed by atoms with E-state index in [2.05, 4.69) is 0 Å². The van der Waals surface area contributed by atoms with E-state index in [1.165, 1.54) is 0 Å². The molecule has 2 nitrogen and oxygen atoms in total. The van der Waals surface area contributed by atoms with Crippen molar-refractivity contribution in [1.82, 2.24) is 0 Å². The normalized spacial score (nSPS) is 14.8. The second kappa shape index (κ2) is 4.58. The van der Waals surface area contributed by atoms with Gasteiger partial charge in [0.15, 0.2) is 0 Å². The van der Waals surface area contributed by atoms with Crippen molar-refractivity contribution in [3.63, 3.8) is 0 Å². The Morgan fingerprint density at radius 1 is 1.06 bits per heavy atom. The molecule has 0 fully saturated rings. The summed E-state index contributed by atoms with van der Waals surface area (Å²) in [6.07, 6.45) is -5.63. The topological polar surface area (TPSA) is 46.2 Å². The van der Waals surface area contributed by atoms with E-state index in [1.807, 2.05) is 0 Å². The Hall–Kier alpha value is -1.21. The predicted octanol–water partition coefficient (Wildman–Crippen LogP) is 2.33. The highest BCUT2D eigenvalue weighted by Gasteiger charge is 2.58. The molecule has 0 saturated carbocycles. The molecule has 0 amide bonds. The van der Waals surface area contributed by atoms with Crippen molar-refractivity contribution in [2.75, 3.05) is 6.61 Å². The minimum absolute atomic E-state index is 0.286. The molecule has 1 aromatic carbocycles. The van der Waals surface area contributed by atoms with E-state index in [0.29, 0.717) is 12.1 Å². The van der Waals surface area contributed by atoms with Gasteiger partial charge in [0.05, 0.1) is 12.6 Å². The van der Waals surface area contributed by atoms with Crippen LogP contribution >= 0.6 is 0 Å². The van der Waals surface area contributed by atoms with Gasteiger partial charge in [0.1, 0.15) is 0 Å². The van der Waals surface area contributed by atoms with Crippen molar-refractivity contribution in [3.05, 3.63) is 35.4 Å². The van der Waals surface area contributed by atoms with Crippen molar-refractivity contribution in [3.8, 4) is 0 Å². The van der Waals surface area contributed by atoms with E-state index in [0.717, 1.165) is 12.1 Å². The second-order valence-electron chi connectivity index (χ2n) is 3.48. The average Bonchev–Trinajstić information content (AvgIpc) is 2.26. The first-order chi connectivity index (χ1) is 7.70. The number of alkyl halides is 5. The summed E-state index contributed by atoms with van der Waals surface area (Å²) in [5.41, 5.74) is 4.51. The van der Waals surface area contributed by atoms with Gasteiger partial charge in [-0.1, -0.05) is 24.3 Å². The van der Waals surface area contributed by atoms with Crippen LogP contribution in [-0.2, 0) is 5.92 Å². The van der Waals surface area contributed by atoms with Crippen molar-refractivity contribution < 1.29 is 27.1 Å². The quantitative estimate of drug-likeness (QED) is 0.814. The van der Waals surface area contributed by atoms with Gasteiger partial charge in [-0.15, -0.1) is 0 Å². The molecule has 1 rings (SSSR count). The molecule has 17 heavy (non-hydrogen) atoms. The van der Waals surface area contributed by atoms with Crippen LogP contribution in [0.25, 0.3) is 0 Å². The number of halogens is 5. The van der Waals surface area contributed by atoms with Crippen LogP contribution in [0.4, 0.5) is 22.0 Å². The Labute approximate surface area is 93.9 Å². The number of nitrogens with two attached hydrogens (primary N) is 1. The van der Waals surface area contributed by atoms with Gasteiger partial charge >= 0.3 is 12.1 Å². The molecular weight excluding hydrogens is 245 g/mol. The lowest BCUT2D eigenvalue weighted by molar-refractivity contribution is -0.289. The minimum atomic E-state index is -5.63. The maximum absolute atomic E-state index is 12.9. The Kier molecular flexibility index (Phi) is 3.73. The van der Waals surface area contributed by atoms with Gasteiger partial charge in [0, 0.05) is 5.56 Å². The molecule has 0 aliphatic heterocycles. The first-order valence-electron chi connectivity index (χ1n) is 4.61. The van der Waals surface area contributed by atoms with Crippen LogP contribution < -0.4 is 5.73 Å². The summed E-state index contributed by atoms with van der Waals surface area (Å²) in [5.74, 6) is -4.89. The summed E-state index contributed by atoms with van der Waals surface area (Å²) in [6, 6.07) is 2.58. The van der Waals surface area contributed by atoms with Crippen molar-refractivity contribution in [2.24, 2.45) is 5.73 Å². The van der Waals surface area contributed by atoms with E-state index >= 15 is 0 Å². The van der Waals surface area contributed by atoms with Gasteiger partial charge in [-0.25, -0.2) is 0 Å². The summed E-state index contributed by atoms with van der Waals surface area (Å²) in [6.45, 7) is -0.422. The number of benzene rings is 1. The second-order valence-corrected chi connectivity index (χ2v) is 3.48. The third-order valence-electron chi connectivity index (χ3n) is 2.25. The van der Waals surface area contributed by atoms with E-state index in [-0.39, 0.29) is 5.56 Å². The summed E-state index contributed by atoms with van der Waals surface area (Å²) in [5, 5.41) is 8.69. The fourth-order valence-electron chi connectivity index (χ4n) is 1.21. The van der Waals surface area contributed by atoms with Crippen LogP contribution in [0, 0.1) is 0 Å². The van der Waals surface area contributed by atoms with Crippen LogP contribution in [0.3, 0.4) is 0 Å². The smallest absolute Gasteiger partial charge is 0.394 e. The first kappa shape index (κ1) is 13.9. The average molecular weight is 255 g/mol. The fraction of sp³-hybridized carbons (Fsp3) is 0.400. The van der Waals surface area contributed by atoms with E-state index in [4.69, 9.17) is 10.8 Å². The van der Waals surface area contributed by atoms with Gasteiger partial charge in [-0.05, 0) is 5.56 Å². The highest BCUT2D eigenvalue weighted by atomic mass is 19.4. The number of aliphatic hydroxyl groups is 1. The Bertz CT molecular complexity index is 373. The van der Waals surface area contributed by atoms with Crippen LogP contribution in [0.1, 0.15) is 17.2 Å². The molecule has 0 spiro atoms. The van der Waals surface area contributed by atoms with Crippen molar-refractivity contribution >= 4 is 0 Å². The molecule has 1 atom stereocenters. The standard InChI is InChI=1S/C10H10F5NO/c11-9(12,10(13,14)15)7-3-1-6(2-4-7)8(16)5-17/h1-4,8,17H,5,16H2/t8-/m0/s1. The molecule has 0 heterocycles. The maximum atomic E-state index is 12.9.